The van der Waals surface area contributed by atoms with E-state index < -0.39 is 0 Å². The van der Waals surface area contributed by atoms with Crippen LogP contribution in [-0.2, 0) is 16.0 Å². The molecule has 0 saturated carbocycles. The first-order valence-electron chi connectivity index (χ1n) is 5.62. The molecule has 0 spiro atoms. The first-order chi connectivity index (χ1) is 8.12. The van der Waals surface area contributed by atoms with Crippen LogP contribution in [0.25, 0.3) is 0 Å². The number of nitrogens with two attached hydrogens (primary N) is 1. The fourth-order valence-electron chi connectivity index (χ4n) is 1.73. The number of thioether (sulfide) groups is 1. The van der Waals surface area contributed by atoms with Crippen LogP contribution in [0.5, 0.6) is 0 Å². The van der Waals surface area contributed by atoms with Crippen molar-refractivity contribution in [2.45, 2.75) is 24.7 Å². The number of esters is 1. The average Bonchev–Trinajstić information content (AvgIpc) is 2.36. The number of rotatable bonds is 5. The molecule has 1 aromatic carbocycles. The van der Waals surface area contributed by atoms with Crippen molar-refractivity contribution in [3.05, 3.63) is 23.8 Å². The normalized spacial score (nSPS) is 12.2. The molecule has 0 amide bonds. The summed E-state index contributed by atoms with van der Waals surface area (Å²) in [6.07, 6.45) is 3.48. The van der Waals surface area contributed by atoms with Crippen molar-refractivity contribution in [1.82, 2.24) is 0 Å². The third-order valence-electron chi connectivity index (χ3n) is 2.81. The topological polar surface area (TPSA) is 52.3 Å². The van der Waals surface area contributed by atoms with E-state index in [1.54, 1.807) is 11.8 Å². The van der Waals surface area contributed by atoms with Crippen LogP contribution in [-0.4, -0.2) is 19.3 Å². The first-order valence-corrected chi connectivity index (χ1v) is 6.85. The number of ether oxygens (including phenoxy) is 1. The van der Waals surface area contributed by atoms with Gasteiger partial charge in [0.1, 0.15) is 0 Å². The van der Waals surface area contributed by atoms with E-state index in [9.17, 15) is 4.79 Å². The van der Waals surface area contributed by atoms with Crippen molar-refractivity contribution in [1.29, 1.82) is 0 Å². The summed E-state index contributed by atoms with van der Waals surface area (Å²) >= 11 is 1.62. The quantitative estimate of drug-likeness (QED) is 0.498. The molecular formula is C13H19NO2S. The number of benzene rings is 1. The molecule has 1 aromatic rings. The largest absolute Gasteiger partial charge is 0.469 e. The predicted molar refractivity (Wildman–Crippen MR) is 72.1 cm³/mol. The lowest BCUT2D eigenvalue weighted by molar-refractivity contribution is -0.145. The Hall–Kier alpha value is -1.16. The molecule has 0 aliphatic rings. The Balaban J connectivity index is 2.83. The van der Waals surface area contributed by atoms with Crippen molar-refractivity contribution in [2.24, 2.45) is 5.92 Å². The van der Waals surface area contributed by atoms with Gasteiger partial charge in [0.25, 0.3) is 0 Å². The highest BCUT2D eigenvalue weighted by molar-refractivity contribution is 7.98. The van der Waals surface area contributed by atoms with E-state index >= 15 is 0 Å². The van der Waals surface area contributed by atoms with Gasteiger partial charge in [0.2, 0.25) is 0 Å². The zero-order valence-corrected chi connectivity index (χ0v) is 11.3. The molecular weight excluding hydrogens is 234 g/mol. The number of hydrogen-bond acceptors (Lipinski definition) is 4. The molecule has 0 aliphatic carbocycles. The summed E-state index contributed by atoms with van der Waals surface area (Å²) in [6, 6.07) is 5.91. The number of carbonyl (C=O) groups excluding carboxylic acids is 1. The highest BCUT2D eigenvalue weighted by Gasteiger charge is 2.17. The Kier molecular flexibility index (Phi) is 5.35. The molecule has 17 heavy (non-hydrogen) atoms. The second-order valence-corrected chi connectivity index (χ2v) is 4.76. The summed E-state index contributed by atoms with van der Waals surface area (Å²) in [5.74, 6) is -0.214. The third-order valence-corrected chi connectivity index (χ3v) is 3.60. The average molecular weight is 253 g/mol. The third kappa shape index (κ3) is 3.66. The minimum atomic E-state index is -0.143. The Morgan fingerprint density at radius 1 is 1.53 bits per heavy atom. The van der Waals surface area contributed by atoms with Crippen molar-refractivity contribution in [3.8, 4) is 0 Å². The summed E-state index contributed by atoms with van der Waals surface area (Å²) in [5, 5.41) is 0. The molecule has 0 saturated heterocycles. The molecule has 0 radical (unpaired) electrons. The minimum Gasteiger partial charge on any atom is -0.469 e. The van der Waals surface area contributed by atoms with Crippen LogP contribution in [0.1, 0.15) is 18.9 Å². The molecule has 2 N–H and O–H groups in total. The molecule has 1 rings (SSSR count). The van der Waals surface area contributed by atoms with E-state index in [-0.39, 0.29) is 11.9 Å². The standard InChI is InChI=1S/C13H19NO2S/c1-4-10(13(15)16-2)7-9-5-6-11(14)12(8-9)17-3/h5-6,8,10H,4,7,14H2,1-3H3. The van der Waals surface area contributed by atoms with E-state index in [4.69, 9.17) is 10.5 Å². The van der Waals surface area contributed by atoms with Crippen molar-refractivity contribution in [3.63, 3.8) is 0 Å². The van der Waals surface area contributed by atoms with Gasteiger partial charge < -0.3 is 10.5 Å². The van der Waals surface area contributed by atoms with E-state index in [2.05, 4.69) is 0 Å². The molecule has 0 fully saturated rings. The van der Waals surface area contributed by atoms with Gasteiger partial charge >= 0.3 is 5.97 Å². The van der Waals surface area contributed by atoms with Crippen molar-refractivity contribution < 1.29 is 9.53 Å². The van der Waals surface area contributed by atoms with E-state index in [0.717, 1.165) is 22.6 Å². The molecule has 1 unspecified atom stereocenters. The second kappa shape index (κ2) is 6.55. The van der Waals surface area contributed by atoms with Crippen LogP contribution in [0.3, 0.4) is 0 Å². The lowest BCUT2D eigenvalue weighted by atomic mass is 9.97. The summed E-state index contributed by atoms with van der Waals surface area (Å²) in [7, 11) is 1.43. The lowest BCUT2D eigenvalue weighted by Crippen LogP contribution is -2.17. The number of hydrogen-bond donors (Lipinski definition) is 1. The zero-order chi connectivity index (χ0) is 12.8. The van der Waals surface area contributed by atoms with Crippen LogP contribution >= 0.6 is 11.8 Å². The highest BCUT2D eigenvalue weighted by atomic mass is 32.2. The van der Waals surface area contributed by atoms with Gasteiger partial charge in [-0.05, 0) is 36.8 Å². The second-order valence-electron chi connectivity index (χ2n) is 3.91. The maximum atomic E-state index is 11.5. The van der Waals surface area contributed by atoms with Gasteiger partial charge in [0, 0.05) is 10.6 Å². The van der Waals surface area contributed by atoms with E-state index in [1.165, 1.54) is 7.11 Å². The molecule has 0 aromatic heterocycles. The number of anilines is 1. The molecule has 0 bridgehead atoms. The Morgan fingerprint density at radius 3 is 2.76 bits per heavy atom. The van der Waals surface area contributed by atoms with Gasteiger partial charge in [-0.1, -0.05) is 13.0 Å². The van der Waals surface area contributed by atoms with Crippen molar-refractivity contribution >= 4 is 23.4 Å². The summed E-state index contributed by atoms with van der Waals surface area (Å²) < 4.78 is 4.79. The van der Waals surface area contributed by atoms with E-state index in [1.807, 2.05) is 31.4 Å². The van der Waals surface area contributed by atoms with Gasteiger partial charge in [-0.2, -0.15) is 0 Å². The summed E-state index contributed by atoms with van der Waals surface area (Å²) in [6.45, 7) is 1.99. The highest BCUT2D eigenvalue weighted by Crippen LogP contribution is 2.25. The fourth-order valence-corrected chi connectivity index (χ4v) is 2.30. The molecule has 0 aliphatic heterocycles. The van der Waals surface area contributed by atoms with Crippen LogP contribution in [0.2, 0.25) is 0 Å². The molecule has 3 nitrogen and oxygen atoms in total. The van der Waals surface area contributed by atoms with Crippen LogP contribution in [0.15, 0.2) is 23.1 Å². The van der Waals surface area contributed by atoms with E-state index in [0.29, 0.717) is 6.42 Å². The van der Waals surface area contributed by atoms with Crippen molar-refractivity contribution in [2.75, 3.05) is 19.1 Å². The molecule has 0 heterocycles. The zero-order valence-electron chi connectivity index (χ0n) is 10.5. The van der Waals surface area contributed by atoms with Gasteiger partial charge in [-0.15, -0.1) is 11.8 Å². The Morgan fingerprint density at radius 2 is 2.24 bits per heavy atom. The summed E-state index contributed by atoms with van der Waals surface area (Å²) in [4.78, 5) is 12.6. The minimum absolute atomic E-state index is 0.0710. The van der Waals surface area contributed by atoms with Gasteiger partial charge in [0.05, 0.1) is 13.0 Å². The first kappa shape index (κ1) is 13.9. The van der Waals surface area contributed by atoms with Crippen LogP contribution in [0, 0.1) is 5.92 Å². The van der Waals surface area contributed by atoms with Gasteiger partial charge in [0.15, 0.2) is 0 Å². The monoisotopic (exact) mass is 253 g/mol. The SMILES string of the molecule is CCC(Cc1ccc(N)c(SC)c1)C(=O)OC. The number of nitrogen functional groups attached to an aromatic ring is 1. The smallest absolute Gasteiger partial charge is 0.308 e. The predicted octanol–water partition coefficient (Wildman–Crippen LogP) is 2.73. The lowest BCUT2D eigenvalue weighted by Gasteiger charge is -2.13. The molecule has 4 heteroatoms. The molecule has 94 valence electrons. The maximum Gasteiger partial charge on any atom is 0.308 e. The Bertz CT molecular complexity index is 393. The van der Waals surface area contributed by atoms with Gasteiger partial charge in [-0.25, -0.2) is 0 Å². The summed E-state index contributed by atoms with van der Waals surface area (Å²) in [5.41, 5.74) is 7.75. The number of methoxy groups -OCH3 is 1. The molecule has 1 atom stereocenters. The van der Waals surface area contributed by atoms with Crippen LogP contribution in [0.4, 0.5) is 5.69 Å². The number of carbonyl (C=O) groups is 1. The van der Waals surface area contributed by atoms with Crippen LogP contribution < -0.4 is 5.73 Å². The van der Waals surface area contributed by atoms with Gasteiger partial charge in [-0.3, -0.25) is 4.79 Å². The Labute approximate surface area is 107 Å². The maximum absolute atomic E-state index is 11.5. The fraction of sp³-hybridized carbons (Fsp3) is 0.462.